The van der Waals surface area contributed by atoms with Crippen LogP contribution in [0.1, 0.15) is 24.6 Å². The summed E-state index contributed by atoms with van der Waals surface area (Å²) in [4.78, 5) is 18.9. The van der Waals surface area contributed by atoms with E-state index >= 15 is 0 Å². The molecule has 0 spiro atoms. The van der Waals surface area contributed by atoms with E-state index in [1.54, 1.807) is 11.8 Å². The van der Waals surface area contributed by atoms with Crippen LogP contribution in [0.15, 0.2) is 4.79 Å². The summed E-state index contributed by atoms with van der Waals surface area (Å²) in [5, 5.41) is 3.12. The summed E-state index contributed by atoms with van der Waals surface area (Å²) in [6.07, 6.45) is 0.906. The molecule has 17 heavy (non-hydrogen) atoms. The fourth-order valence-electron chi connectivity index (χ4n) is 1.67. The molecular formula is C11H17N3O2S. The monoisotopic (exact) mass is 255 g/mol. The van der Waals surface area contributed by atoms with Crippen LogP contribution in [0.3, 0.4) is 0 Å². The van der Waals surface area contributed by atoms with Gasteiger partial charge >= 0.3 is 0 Å². The minimum atomic E-state index is -0.00712. The number of anilines is 1. The van der Waals surface area contributed by atoms with E-state index < -0.39 is 0 Å². The lowest BCUT2D eigenvalue weighted by atomic mass is 10.3. The molecule has 0 aliphatic carbocycles. The van der Waals surface area contributed by atoms with Crippen LogP contribution in [-0.2, 0) is 16.2 Å². The Morgan fingerprint density at radius 3 is 3.24 bits per heavy atom. The summed E-state index contributed by atoms with van der Waals surface area (Å²) in [7, 11) is 0. The molecule has 1 aliphatic heterocycles. The summed E-state index contributed by atoms with van der Waals surface area (Å²) in [6.45, 7) is 4.21. The summed E-state index contributed by atoms with van der Waals surface area (Å²) in [5.41, 5.74) is 1.74. The van der Waals surface area contributed by atoms with Gasteiger partial charge in [-0.15, -0.1) is 0 Å². The quantitative estimate of drug-likeness (QED) is 0.751. The molecule has 0 saturated heterocycles. The summed E-state index contributed by atoms with van der Waals surface area (Å²) >= 11 is 1.73. The highest BCUT2D eigenvalue weighted by molar-refractivity contribution is 7.98. The maximum absolute atomic E-state index is 11.7. The number of ether oxygens (including phenoxy) is 1. The number of H-pyrrole nitrogens is 1. The number of rotatable bonds is 6. The molecule has 0 amide bonds. The number of thioether (sulfide) groups is 1. The summed E-state index contributed by atoms with van der Waals surface area (Å²) < 4.78 is 5.23. The number of aromatic nitrogens is 2. The lowest BCUT2D eigenvalue weighted by Gasteiger charge is -2.06. The number of nitrogens with zero attached hydrogens (tertiary/aromatic N) is 1. The third kappa shape index (κ3) is 3.23. The second-order valence-corrected chi connectivity index (χ2v) is 4.80. The van der Waals surface area contributed by atoms with Crippen molar-refractivity contribution in [1.82, 2.24) is 9.97 Å². The van der Waals surface area contributed by atoms with Gasteiger partial charge in [-0.25, -0.2) is 4.98 Å². The first-order valence-corrected chi connectivity index (χ1v) is 6.98. The van der Waals surface area contributed by atoms with Crippen LogP contribution in [-0.4, -0.2) is 29.7 Å². The Hall–Kier alpha value is -1.01. The Bertz CT molecular complexity index is 433. The molecule has 0 atom stereocenters. The van der Waals surface area contributed by atoms with Crippen molar-refractivity contribution in [3.8, 4) is 0 Å². The van der Waals surface area contributed by atoms with Crippen LogP contribution in [0.2, 0.25) is 0 Å². The van der Waals surface area contributed by atoms with Gasteiger partial charge in [0.15, 0.2) is 0 Å². The highest BCUT2D eigenvalue weighted by Gasteiger charge is 2.17. The van der Waals surface area contributed by atoms with Crippen molar-refractivity contribution in [2.45, 2.75) is 24.9 Å². The molecule has 0 saturated carbocycles. The van der Waals surface area contributed by atoms with Gasteiger partial charge in [-0.3, -0.25) is 9.78 Å². The minimum Gasteiger partial charge on any atom is -0.382 e. The first kappa shape index (κ1) is 12.4. The van der Waals surface area contributed by atoms with Crippen molar-refractivity contribution in [2.75, 3.05) is 25.1 Å². The molecule has 1 aliphatic rings. The first-order valence-electron chi connectivity index (χ1n) is 5.82. The average Bonchev–Trinajstić information content (AvgIpc) is 2.77. The van der Waals surface area contributed by atoms with Gasteiger partial charge in [0, 0.05) is 36.8 Å². The van der Waals surface area contributed by atoms with E-state index in [4.69, 9.17) is 4.74 Å². The SMILES string of the molecule is CCOCCCNc1nc2c(c(=O)[nH]1)CSC2. The van der Waals surface area contributed by atoms with Crippen LogP contribution in [0.5, 0.6) is 0 Å². The number of nitrogens with one attached hydrogen (secondary N) is 2. The zero-order valence-corrected chi connectivity index (χ0v) is 10.7. The predicted molar refractivity (Wildman–Crippen MR) is 69.5 cm³/mol. The van der Waals surface area contributed by atoms with Crippen molar-refractivity contribution in [3.63, 3.8) is 0 Å². The van der Waals surface area contributed by atoms with Crippen molar-refractivity contribution in [1.29, 1.82) is 0 Å². The van der Waals surface area contributed by atoms with E-state index in [-0.39, 0.29) is 5.56 Å². The van der Waals surface area contributed by atoms with Gasteiger partial charge in [-0.1, -0.05) is 0 Å². The molecule has 1 aromatic heterocycles. The maximum Gasteiger partial charge on any atom is 0.256 e. The average molecular weight is 255 g/mol. The molecule has 0 aromatic carbocycles. The first-order chi connectivity index (χ1) is 8.31. The molecule has 2 N–H and O–H groups in total. The van der Waals surface area contributed by atoms with E-state index in [1.165, 1.54) is 0 Å². The molecule has 0 fully saturated rings. The van der Waals surface area contributed by atoms with E-state index in [0.717, 1.165) is 48.9 Å². The fourth-order valence-corrected chi connectivity index (χ4v) is 2.71. The molecule has 2 rings (SSSR count). The second kappa shape index (κ2) is 6.07. The smallest absolute Gasteiger partial charge is 0.256 e. The van der Waals surface area contributed by atoms with Crippen molar-refractivity contribution in [3.05, 3.63) is 21.6 Å². The standard InChI is InChI=1S/C11H17N3O2S/c1-2-16-5-3-4-12-11-13-9-7-17-6-8(9)10(15)14-11/h2-7H2,1H3,(H2,12,13,14,15). The van der Waals surface area contributed by atoms with Gasteiger partial charge in [0.05, 0.1) is 5.69 Å². The van der Waals surface area contributed by atoms with Gasteiger partial charge in [-0.05, 0) is 13.3 Å². The number of fused-ring (bicyclic) bond motifs is 1. The van der Waals surface area contributed by atoms with Crippen molar-refractivity contribution in [2.24, 2.45) is 0 Å². The normalized spacial score (nSPS) is 13.7. The van der Waals surface area contributed by atoms with E-state index in [0.29, 0.717) is 5.95 Å². The second-order valence-electron chi connectivity index (χ2n) is 3.81. The molecule has 5 nitrogen and oxygen atoms in total. The van der Waals surface area contributed by atoms with Crippen molar-refractivity contribution >= 4 is 17.7 Å². The molecule has 0 bridgehead atoms. The van der Waals surface area contributed by atoms with E-state index in [1.807, 2.05) is 6.92 Å². The molecule has 6 heteroatoms. The molecular weight excluding hydrogens is 238 g/mol. The third-order valence-electron chi connectivity index (χ3n) is 2.55. The van der Waals surface area contributed by atoms with Gasteiger partial charge < -0.3 is 10.1 Å². The van der Waals surface area contributed by atoms with Crippen molar-refractivity contribution < 1.29 is 4.74 Å². The predicted octanol–water partition coefficient (Wildman–Crippen LogP) is 1.36. The largest absolute Gasteiger partial charge is 0.382 e. The third-order valence-corrected chi connectivity index (χ3v) is 3.52. The molecule has 2 heterocycles. The van der Waals surface area contributed by atoms with E-state index in [2.05, 4.69) is 15.3 Å². The summed E-state index contributed by atoms with van der Waals surface area (Å²) in [6, 6.07) is 0. The Morgan fingerprint density at radius 2 is 2.41 bits per heavy atom. The van der Waals surface area contributed by atoms with Gasteiger partial charge in [0.1, 0.15) is 0 Å². The van der Waals surface area contributed by atoms with Crippen LogP contribution in [0, 0.1) is 0 Å². The number of hydrogen-bond acceptors (Lipinski definition) is 5. The molecule has 0 unspecified atom stereocenters. The van der Waals surface area contributed by atoms with E-state index in [9.17, 15) is 4.79 Å². The molecule has 94 valence electrons. The zero-order valence-electron chi connectivity index (χ0n) is 9.91. The fraction of sp³-hybridized carbons (Fsp3) is 0.636. The van der Waals surface area contributed by atoms with Crippen LogP contribution in [0.25, 0.3) is 0 Å². The minimum absolute atomic E-state index is 0.00712. The van der Waals surface area contributed by atoms with Crippen LogP contribution >= 0.6 is 11.8 Å². The maximum atomic E-state index is 11.7. The van der Waals surface area contributed by atoms with Crippen LogP contribution in [0.4, 0.5) is 5.95 Å². The lowest BCUT2D eigenvalue weighted by molar-refractivity contribution is 0.147. The highest BCUT2D eigenvalue weighted by atomic mass is 32.2. The topological polar surface area (TPSA) is 67.0 Å². The Balaban J connectivity index is 1.89. The van der Waals surface area contributed by atoms with Gasteiger partial charge in [-0.2, -0.15) is 11.8 Å². The lowest BCUT2D eigenvalue weighted by Crippen LogP contribution is -2.18. The molecule has 0 radical (unpaired) electrons. The number of aromatic amines is 1. The van der Waals surface area contributed by atoms with Gasteiger partial charge in [0.25, 0.3) is 5.56 Å². The van der Waals surface area contributed by atoms with Gasteiger partial charge in [0.2, 0.25) is 5.95 Å². The summed E-state index contributed by atoms with van der Waals surface area (Å²) in [5.74, 6) is 2.20. The molecule has 1 aromatic rings. The Morgan fingerprint density at radius 1 is 1.53 bits per heavy atom. The Labute approximate surface area is 104 Å². The highest BCUT2D eigenvalue weighted by Crippen LogP contribution is 2.25. The van der Waals surface area contributed by atoms with Crippen LogP contribution < -0.4 is 10.9 Å². The Kier molecular flexibility index (Phi) is 4.44. The number of hydrogen-bond donors (Lipinski definition) is 2. The zero-order chi connectivity index (χ0) is 12.1.